The Labute approximate surface area is 91.6 Å². The number of nitrogens with one attached hydrogen (secondary N) is 1. The molecule has 1 atom stereocenters. The summed E-state index contributed by atoms with van der Waals surface area (Å²) in [5.74, 6) is 0. The largest absolute Gasteiger partial charge is 0.444 e. The topological polar surface area (TPSA) is 38.3 Å². The number of carbonyl (C=O) groups is 1. The maximum absolute atomic E-state index is 11.5. The van der Waals surface area contributed by atoms with Gasteiger partial charge in [-0.15, -0.1) is 0 Å². The molecule has 0 saturated heterocycles. The molecule has 2 aliphatic carbocycles. The zero-order valence-corrected chi connectivity index (χ0v) is 9.93. The fourth-order valence-corrected chi connectivity index (χ4v) is 2.63. The maximum Gasteiger partial charge on any atom is 0.407 e. The Kier molecular flexibility index (Phi) is 2.44. The highest BCUT2D eigenvalue weighted by Crippen LogP contribution is 2.57. The van der Waals surface area contributed by atoms with E-state index in [1.807, 2.05) is 20.8 Å². The highest BCUT2D eigenvalue weighted by atomic mass is 16.6. The van der Waals surface area contributed by atoms with Gasteiger partial charge in [0, 0.05) is 6.04 Å². The summed E-state index contributed by atoms with van der Waals surface area (Å²) in [4.78, 5) is 11.5. The Bertz CT molecular complexity index is 261. The molecule has 0 aliphatic heterocycles. The second-order valence-corrected chi connectivity index (χ2v) is 5.97. The standard InChI is InChI=1S/C12H21NO2/c1-11(2,3)15-10(14)13-9-8-12(9)6-4-5-7-12/h9H,4-8H2,1-3H3,(H,13,14). The zero-order chi connectivity index (χ0) is 11.1. The number of hydrogen-bond acceptors (Lipinski definition) is 2. The van der Waals surface area contributed by atoms with Crippen LogP contribution in [0.15, 0.2) is 0 Å². The van der Waals surface area contributed by atoms with Crippen molar-refractivity contribution >= 4 is 6.09 Å². The molecule has 3 nitrogen and oxygen atoms in total. The number of carbonyl (C=O) groups excluding carboxylic acids is 1. The molecule has 2 rings (SSSR count). The molecule has 0 heterocycles. The molecule has 0 bridgehead atoms. The normalized spacial score (nSPS) is 27.8. The summed E-state index contributed by atoms with van der Waals surface area (Å²) in [6, 6.07) is 0.384. The van der Waals surface area contributed by atoms with Gasteiger partial charge >= 0.3 is 6.09 Å². The highest BCUT2D eigenvalue weighted by molar-refractivity contribution is 5.68. The lowest BCUT2D eigenvalue weighted by Gasteiger charge is -2.20. The van der Waals surface area contributed by atoms with E-state index in [-0.39, 0.29) is 11.7 Å². The van der Waals surface area contributed by atoms with Crippen molar-refractivity contribution in [2.45, 2.75) is 64.5 Å². The van der Waals surface area contributed by atoms with Crippen molar-refractivity contribution in [1.29, 1.82) is 0 Å². The van der Waals surface area contributed by atoms with E-state index in [0.717, 1.165) is 6.42 Å². The Morgan fingerprint density at radius 2 is 1.93 bits per heavy atom. The van der Waals surface area contributed by atoms with Crippen molar-refractivity contribution < 1.29 is 9.53 Å². The number of rotatable bonds is 1. The van der Waals surface area contributed by atoms with Crippen LogP contribution in [-0.4, -0.2) is 17.7 Å². The van der Waals surface area contributed by atoms with Crippen molar-refractivity contribution in [3.63, 3.8) is 0 Å². The molecule has 1 unspecified atom stereocenters. The number of amides is 1. The first-order chi connectivity index (χ1) is 6.91. The van der Waals surface area contributed by atoms with Crippen molar-refractivity contribution in [2.24, 2.45) is 5.41 Å². The van der Waals surface area contributed by atoms with E-state index in [4.69, 9.17) is 4.74 Å². The SMILES string of the molecule is CC(C)(C)OC(=O)NC1CC12CCCC2. The molecule has 15 heavy (non-hydrogen) atoms. The van der Waals surface area contributed by atoms with Gasteiger partial charge in [-0.3, -0.25) is 0 Å². The monoisotopic (exact) mass is 211 g/mol. The van der Waals surface area contributed by atoms with E-state index >= 15 is 0 Å². The predicted molar refractivity (Wildman–Crippen MR) is 58.7 cm³/mol. The van der Waals surface area contributed by atoms with Crippen LogP contribution in [0.25, 0.3) is 0 Å². The minimum Gasteiger partial charge on any atom is -0.444 e. The van der Waals surface area contributed by atoms with Gasteiger partial charge in [0.2, 0.25) is 0 Å². The van der Waals surface area contributed by atoms with Gasteiger partial charge in [0.15, 0.2) is 0 Å². The average Bonchev–Trinajstić information content (AvgIpc) is 2.54. The minimum atomic E-state index is -0.387. The third-order valence-corrected chi connectivity index (χ3v) is 3.48. The van der Waals surface area contributed by atoms with Crippen LogP contribution in [-0.2, 0) is 4.74 Å². The van der Waals surface area contributed by atoms with Crippen LogP contribution in [0, 0.1) is 5.41 Å². The van der Waals surface area contributed by atoms with Crippen molar-refractivity contribution in [2.75, 3.05) is 0 Å². The van der Waals surface area contributed by atoms with Gasteiger partial charge in [-0.25, -0.2) is 4.79 Å². The average molecular weight is 211 g/mol. The molecule has 86 valence electrons. The summed E-state index contributed by atoms with van der Waals surface area (Å²) in [7, 11) is 0. The van der Waals surface area contributed by atoms with Gasteiger partial charge in [0.05, 0.1) is 0 Å². The van der Waals surface area contributed by atoms with E-state index in [1.165, 1.54) is 25.7 Å². The molecule has 0 radical (unpaired) electrons. The third-order valence-electron chi connectivity index (χ3n) is 3.48. The first-order valence-corrected chi connectivity index (χ1v) is 5.91. The van der Waals surface area contributed by atoms with E-state index in [0.29, 0.717) is 11.5 Å². The molecule has 2 aliphatic rings. The number of ether oxygens (including phenoxy) is 1. The second-order valence-electron chi connectivity index (χ2n) is 5.97. The second kappa shape index (κ2) is 3.39. The van der Waals surface area contributed by atoms with Crippen LogP contribution in [0.1, 0.15) is 52.9 Å². The first kappa shape index (κ1) is 10.8. The van der Waals surface area contributed by atoms with Crippen LogP contribution in [0.3, 0.4) is 0 Å². The van der Waals surface area contributed by atoms with Crippen LogP contribution < -0.4 is 5.32 Å². The highest BCUT2D eigenvalue weighted by Gasteiger charge is 2.56. The Balaban J connectivity index is 1.77. The van der Waals surface area contributed by atoms with E-state index in [1.54, 1.807) is 0 Å². The Hall–Kier alpha value is -0.730. The van der Waals surface area contributed by atoms with Gasteiger partial charge in [-0.1, -0.05) is 12.8 Å². The fraction of sp³-hybridized carbons (Fsp3) is 0.917. The van der Waals surface area contributed by atoms with Crippen molar-refractivity contribution in [3.8, 4) is 0 Å². The summed E-state index contributed by atoms with van der Waals surface area (Å²) >= 11 is 0. The molecule has 1 N–H and O–H groups in total. The molecular formula is C12H21NO2. The lowest BCUT2D eigenvalue weighted by Crippen LogP contribution is -2.35. The molecular weight excluding hydrogens is 190 g/mol. The Morgan fingerprint density at radius 1 is 1.33 bits per heavy atom. The van der Waals surface area contributed by atoms with Crippen molar-refractivity contribution in [3.05, 3.63) is 0 Å². The summed E-state index contributed by atoms with van der Waals surface area (Å²) in [6.07, 6.45) is 6.13. The lowest BCUT2D eigenvalue weighted by atomic mass is 10.1. The van der Waals surface area contributed by atoms with Gasteiger partial charge in [-0.2, -0.15) is 0 Å². The molecule has 2 fully saturated rings. The van der Waals surface area contributed by atoms with Crippen molar-refractivity contribution in [1.82, 2.24) is 5.32 Å². The van der Waals surface area contributed by atoms with Gasteiger partial charge < -0.3 is 10.1 Å². The Morgan fingerprint density at radius 3 is 2.47 bits per heavy atom. The predicted octanol–water partition coefficient (Wildman–Crippen LogP) is 2.84. The molecule has 0 aromatic heterocycles. The van der Waals surface area contributed by atoms with E-state index in [2.05, 4.69) is 5.32 Å². The quantitative estimate of drug-likeness (QED) is 0.724. The van der Waals surface area contributed by atoms with Crippen LogP contribution in [0.5, 0.6) is 0 Å². The molecule has 0 aromatic rings. The molecule has 1 spiro atoms. The summed E-state index contributed by atoms with van der Waals surface area (Å²) in [5, 5.41) is 2.98. The van der Waals surface area contributed by atoms with Crippen LogP contribution >= 0.6 is 0 Å². The molecule has 0 aromatic carbocycles. The van der Waals surface area contributed by atoms with Crippen LogP contribution in [0.2, 0.25) is 0 Å². The fourth-order valence-electron chi connectivity index (χ4n) is 2.63. The van der Waals surface area contributed by atoms with E-state index in [9.17, 15) is 4.79 Å². The molecule has 3 heteroatoms. The maximum atomic E-state index is 11.5. The van der Waals surface area contributed by atoms with Gasteiger partial charge in [0.25, 0.3) is 0 Å². The summed E-state index contributed by atoms with van der Waals surface area (Å²) in [6.45, 7) is 5.68. The smallest absolute Gasteiger partial charge is 0.407 e. The number of alkyl carbamates (subject to hydrolysis) is 1. The zero-order valence-electron chi connectivity index (χ0n) is 9.93. The lowest BCUT2D eigenvalue weighted by molar-refractivity contribution is 0.0516. The number of hydrogen-bond donors (Lipinski definition) is 1. The molecule has 1 amide bonds. The first-order valence-electron chi connectivity index (χ1n) is 5.91. The summed E-state index contributed by atoms with van der Waals surface area (Å²) < 4.78 is 5.24. The minimum absolute atomic E-state index is 0.253. The summed E-state index contributed by atoms with van der Waals surface area (Å²) in [5.41, 5.74) is 0.0682. The third kappa shape index (κ3) is 2.44. The van der Waals surface area contributed by atoms with E-state index < -0.39 is 0 Å². The molecule has 2 saturated carbocycles. The van der Waals surface area contributed by atoms with Gasteiger partial charge in [-0.05, 0) is 45.4 Å². The van der Waals surface area contributed by atoms with Crippen LogP contribution in [0.4, 0.5) is 4.79 Å². The van der Waals surface area contributed by atoms with Gasteiger partial charge in [0.1, 0.15) is 5.60 Å².